The lowest BCUT2D eigenvalue weighted by Gasteiger charge is -1.95. The molecule has 0 radical (unpaired) electrons. The van der Waals surface area contributed by atoms with Crippen molar-refractivity contribution in [2.45, 2.75) is 0 Å². The maximum atomic E-state index is 10.6. The van der Waals surface area contributed by atoms with E-state index in [0.29, 0.717) is 5.02 Å². The van der Waals surface area contributed by atoms with Crippen LogP contribution in [0.1, 0.15) is 10.4 Å². The number of rotatable bonds is 1. The van der Waals surface area contributed by atoms with Gasteiger partial charge < -0.3 is 4.98 Å². The number of H-pyrrole nitrogens is 2. The molecule has 0 aliphatic carbocycles. The molecule has 0 saturated heterocycles. The van der Waals surface area contributed by atoms with Crippen molar-refractivity contribution in [1.82, 2.24) is 20.2 Å². The molecule has 0 aliphatic heterocycles. The number of halogens is 1. The molecule has 3 aromatic heterocycles. The fourth-order valence-corrected chi connectivity index (χ4v) is 2.62. The zero-order valence-corrected chi connectivity index (χ0v) is 15.9. The molecule has 0 bridgehead atoms. The van der Waals surface area contributed by atoms with Crippen LogP contribution in [0.3, 0.4) is 0 Å². The fourth-order valence-electron chi connectivity index (χ4n) is 2.43. The van der Waals surface area contributed by atoms with Crippen LogP contribution >= 0.6 is 11.6 Å². The third-order valence-electron chi connectivity index (χ3n) is 3.81. The summed E-state index contributed by atoms with van der Waals surface area (Å²) < 4.78 is 0. The Labute approximate surface area is 170 Å². The number of aromatic amines is 2. The van der Waals surface area contributed by atoms with Crippen molar-refractivity contribution in [3.05, 3.63) is 95.9 Å². The van der Waals surface area contributed by atoms with Crippen LogP contribution in [0.5, 0.6) is 0 Å². The van der Waals surface area contributed by atoms with Crippen LogP contribution in [0.15, 0.2) is 85.3 Å². The third kappa shape index (κ3) is 5.65. The molecule has 0 saturated carbocycles. The molecule has 0 fully saturated rings. The van der Waals surface area contributed by atoms with E-state index in [-0.39, 0.29) is 5.56 Å². The van der Waals surface area contributed by atoms with Crippen LogP contribution in [-0.4, -0.2) is 31.4 Å². The average Bonchev–Trinajstić information content (AvgIpc) is 3.43. The van der Waals surface area contributed by atoms with Crippen LogP contribution in [-0.2, 0) is 4.89 Å². The molecule has 0 amide bonds. The van der Waals surface area contributed by atoms with Gasteiger partial charge >= 0.3 is 5.97 Å². The zero-order valence-electron chi connectivity index (χ0n) is 15.1. The topological polar surface area (TPSA) is 104 Å². The molecule has 0 spiro atoms. The van der Waals surface area contributed by atoms with Crippen molar-refractivity contribution in [2.24, 2.45) is 0 Å². The van der Waals surface area contributed by atoms with Crippen LogP contribution < -0.4 is 0 Å². The molecule has 146 valence electrons. The van der Waals surface area contributed by atoms with Crippen molar-refractivity contribution >= 4 is 39.5 Å². The average molecular weight is 409 g/mol. The van der Waals surface area contributed by atoms with E-state index >= 15 is 0 Å². The number of nitrogens with one attached hydrogen (secondary N) is 2. The van der Waals surface area contributed by atoms with E-state index in [4.69, 9.17) is 16.9 Å². The number of benzene rings is 2. The zero-order chi connectivity index (χ0) is 20.5. The van der Waals surface area contributed by atoms with E-state index in [1.807, 2.05) is 54.9 Å². The summed E-state index contributed by atoms with van der Waals surface area (Å²) in [6.45, 7) is 0. The Hall–Kier alpha value is -3.68. The first-order valence-corrected chi connectivity index (χ1v) is 8.92. The second kappa shape index (κ2) is 10.0. The Morgan fingerprint density at radius 3 is 2.59 bits per heavy atom. The van der Waals surface area contributed by atoms with Gasteiger partial charge in [0.1, 0.15) is 0 Å². The molecule has 0 unspecified atom stereocenters. The van der Waals surface area contributed by atoms with Gasteiger partial charge in [0.15, 0.2) is 0 Å². The molecular weight excluding hydrogens is 392 g/mol. The molecule has 0 aliphatic rings. The molecule has 5 rings (SSSR count). The van der Waals surface area contributed by atoms with Gasteiger partial charge in [-0.2, -0.15) is 10.4 Å². The van der Waals surface area contributed by atoms with Crippen molar-refractivity contribution in [1.29, 1.82) is 0 Å². The minimum Gasteiger partial charge on any atom is -0.360 e. The van der Waals surface area contributed by atoms with E-state index in [1.54, 1.807) is 18.3 Å². The fraction of sp³-hybridized carbons (Fsp3) is 0. The number of hydrogen-bond donors (Lipinski definition) is 3. The first kappa shape index (κ1) is 20.1. The monoisotopic (exact) mass is 408 g/mol. The molecule has 0 atom stereocenters. The first-order chi connectivity index (χ1) is 14.2. The highest BCUT2D eigenvalue weighted by Crippen LogP contribution is 2.11. The summed E-state index contributed by atoms with van der Waals surface area (Å²) in [5, 5.41) is 16.3. The van der Waals surface area contributed by atoms with Crippen molar-refractivity contribution in [3.8, 4) is 0 Å². The van der Waals surface area contributed by atoms with Crippen molar-refractivity contribution < 1.29 is 14.9 Å². The summed E-state index contributed by atoms with van der Waals surface area (Å²) in [6, 6.07) is 20.0. The summed E-state index contributed by atoms with van der Waals surface area (Å²) in [6.07, 6.45) is 5.49. The van der Waals surface area contributed by atoms with Gasteiger partial charge in [-0.25, -0.2) is 4.79 Å². The van der Waals surface area contributed by atoms with E-state index in [0.717, 1.165) is 21.9 Å². The standard InChI is InChI=1S/C7H5ClO3.2C7H6N2/c8-6-3-1-2-5(4-6)7(9)11-10;1-2-6-7(8-4-1)3-5-9-6;1-2-4-7-6(3-1)5-8-9-7/h1-4,10H;1-5,9H;1-5H,(H,8,9). The van der Waals surface area contributed by atoms with Crippen LogP contribution in [0.25, 0.3) is 21.9 Å². The lowest BCUT2D eigenvalue weighted by atomic mass is 10.2. The number of nitrogens with zero attached hydrogens (tertiary/aromatic N) is 2. The third-order valence-corrected chi connectivity index (χ3v) is 4.05. The number of carbonyl (C=O) groups is 1. The van der Waals surface area contributed by atoms with Gasteiger partial charge in [0.2, 0.25) is 0 Å². The molecular formula is C21H17ClN4O3. The van der Waals surface area contributed by atoms with Gasteiger partial charge in [0.25, 0.3) is 0 Å². The van der Waals surface area contributed by atoms with E-state index in [1.165, 1.54) is 12.1 Å². The molecule has 29 heavy (non-hydrogen) atoms. The lowest BCUT2D eigenvalue weighted by Crippen LogP contribution is -2.00. The first-order valence-electron chi connectivity index (χ1n) is 8.55. The maximum Gasteiger partial charge on any atom is 0.372 e. The number of fused-ring (bicyclic) bond motifs is 2. The van der Waals surface area contributed by atoms with E-state index in [9.17, 15) is 4.79 Å². The molecule has 7 nitrogen and oxygen atoms in total. The number of pyridine rings is 1. The minimum atomic E-state index is -0.813. The Balaban J connectivity index is 0.000000125. The van der Waals surface area contributed by atoms with Gasteiger partial charge in [-0.1, -0.05) is 35.9 Å². The molecule has 3 heterocycles. The van der Waals surface area contributed by atoms with Gasteiger partial charge in [0, 0.05) is 22.8 Å². The van der Waals surface area contributed by atoms with Crippen LogP contribution in [0.4, 0.5) is 0 Å². The van der Waals surface area contributed by atoms with Crippen LogP contribution in [0, 0.1) is 0 Å². The number of carbonyl (C=O) groups excluding carboxylic acids is 1. The highest BCUT2D eigenvalue weighted by atomic mass is 35.5. The maximum absolute atomic E-state index is 10.6. The second-order valence-electron chi connectivity index (χ2n) is 5.76. The smallest absolute Gasteiger partial charge is 0.360 e. The van der Waals surface area contributed by atoms with Gasteiger partial charge in [-0.3, -0.25) is 15.0 Å². The van der Waals surface area contributed by atoms with Crippen molar-refractivity contribution in [3.63, 3.8) is 0 Å². The second-order valence-corrected chi connectivity index (χ2v) is 6.20. The van der Waals surface area contributed by atoms with Gasteiger partial charge in [0.05, 0.1) is 28.3 Å². The minimum absolute atomic E-state index is 0.222. The Morgan fingerprint density at radius 2 is 1.83 bits per heavy atom. The highest BCUT2D eigenvalue weighted by molar-refractivity contribution is 6.30. The number of hydrogen-bond acceptors (Lipinski definition) is 5. The summed E-state index contributed by atoms with van der Waals surface area (Å²) >= 11 is 5.56. The van der Waals surface area contributed by atoms with Crippen molar-refractivity contribution in [2.75, 3.05) is 0 Å². The lowest BCUT2D eigenvalue weighted by molar-refractivity contribution is -0.182. The van der Waals surface area contributed by atoms with E-state index in [2.05, 4.69) is 25.1 Å². The summed E-state index contributed by atoms with van der Waals surface area (Å²) in [5.74, 6) is -0.813. The molecule has 5 aromatic rings. The van der Waals surface area contributed by atoms with E-state index < -0.39 is 5.97 Å². The number of aromatic nitrogens is 4. The summed E-state index contributed by atoms with van der Waals surface area (Å²) in [4.78, 5) is 21.3. The van der Waals surface area contributed by atoms with Gasteiger partial charge in [-0.05, 0) is 42.5 Å². The SMILES string of the molecule is O=C(OO)c1cccc(Cl)c1.c1ccc2[nH]ncc2c1.c1cnc2cc[nH]c2c1. The Morgan fingerprint density at radius 1 is 1.00 bits per heavy atom. The summed E-state index contributed by atoms with van der Waals surface area (Å²) in [5.41, 5.74) is 3.44. The highest BCUT2D eigenvalue weighted by Gasteiger charge is 2.05. The van der Waals surface area contributed by atoms with Gasteiger partial charge in [-0.15, -0.1) is 0 Å². The Bertz CT molecular complexity index is 1080. The quantitative estimate of drug-likeness (QED) is 0.264. The molecule has 3 N–H and O–H groups in total. The largest absolute Gasteiger partial charge is 0.372 e. The van der Waals surface area contributed by atoms with Crippen LogP contribution in [0.2, 0.25) is 5.02 Å². The predicted octanol–water partition coefficient (Wildman–Crippen LogP) is 5.10. The summed E-state index contributed by atoms with van der Waals surface area (Å²) in [7, 11) is 0. The Kier molecular flexibility index (Phi) is 6.94. The molecule has 8 heteroatoms. The predicted molar refractivity (Wildman–Crippen MR) is 112 cm³/mol. The molecule has 2 aromatic carbocycles. The normalized spacial score (nSPS) is 9.86. The number of para-hydroxylation sites is 1.